The van der Waals surface area contributed by atoms with Gasteiger partial charge in [-0.1, -0.05) is 37.5 Å². The first-order valence-corrected chi connectivity index (χ1v) is 15.5. The summed E-state index contributed by atoms with van der Waals surface area (Å²) >= 11 is 1.23. The van der Waals surface area contributed by atoms with E-state index in [1.165, 1.54) is 22.2 Å². The van der Waals surface area contributed by atoms with Gasteiger partial charge < -0.3 is 15.6 Å². The number of pyridine rings is 1. The lowest BCUT2D eigenvalue weighted by Crippen LogP contribution is -2.27. The second-order valence-electron chi connectivity index (χ2n) is 9.57. The van der Waals surface area contributed by atoms with Gasteiger partial charge >= 0.3 is 8.53 Å². The summed E-state index contributed by atoms with van der Waals surface area (Å²) in [6, 6.07) is 10.9. The number of nitrogens with one attached hydrogen (secondary N) is 1. The predicted octanol–water partition coefficient (Wildman–Crippen LogP) is 5.38. The summed E-state index contributed by atoms with van der Waals surface area (Å²) in [7, 11) is -1.67. The van der Waals surface area contributed by atoms with Gasteiger partial charge in [0.05, 0.1) is 23.6 Å². The van der Waals surface area contributed by atoms with Crippen molar-refractivity contribution in [2.24, 2.45) is 16.2 Å². The third-order valence-electron chi connectivity index (χ3n) is 6.47. The highest BCUT2D eigenvalue weighted by atomic mass is 32.1. The zero-order valence-electron chi connectivity index (χ0n) is 22.9. The normalized spacial score (nSPS) is 15.3. The van der Waals surface area contributed by atoms with E-state index in [-0.39, 0.29) is 29.9 Å². The van der Waals surface area contributed by atoms with Gasteiger partial charge in [-0.3, -0.25) is 19.8 Å². The van der Waals surface area contributed by atoms with E-state index >= 15 is 0 Å². The minimum Gasteiger partial charge on any atom is -0.436 e. The molecule has 3 heterocycles. The number of thiazole rings is 1. The number of amides is 1. The summed E-state index contributed by atoms with van der Waals surface area (Å²) < 4.78 is 40.9. The number of nitrogens with zero attached hydrogens (tertiary/aromatic N) is 5. The third kappa shape index (κ3) is 8.26. The van der Waals surface area contributed by atoms with Gasteiger partial charge in [-0.05, 0) is 37.1 Å². The van der Waals surface area contributed by atoms with Crippen LogP contribution in [0.25, 0.3) is 16.3 Å². The van der Waals surface area contributed by atoms with Crippen LogP contribution >= 0.6 is 19.9 Å². The lowest BCUT2D eigenvalue weighted by molar-refractivity contribution is 0.0964. The minimum atomic E-state index is -1.67. The molecule has 5 rings (SSSR count). The Hall–Kier alpha value is -4.10. The van der Waals surface area contributed by atoms with Crippen LogP contribution in [0, 0.1) is 11.8 Å². The van der Waals surface area contributed by atoms with Crippen molar-refractivity contribution in [2.45, 2.75) is 44.9 Å². The molecular formula is C28H29F2N8O3PS. The molecule has 43 heavy (non-hydrogen) atoms. The van der Waals surface area contributed by atoms with Crippen LogP contribution in [0.2, 0.25) is 0 Å². The lowest BCUT2D eigenvalue weighted by Gasteiger charge is -2.18. The smallest absolute Gasteiger partial charge is 0.317 e. The molecular weight excluding hydrogens is 597 g/mol. The first-order valence-electron chi connectivity index (χ1n) is 13.4. The third-order valence-corrected chi connectivity index (χ3v) is 8.12. The Balaban J connectivity index is 1.27. The van der Waals surface area contributed by atoms with Crippen LogP contribution in [-0.2, 0) is 11.3 Å². The highest BCUT2D eigenvalue weighted by Crippen LogP contribution is 2.32. The lowest BCUT2D eigenvalue weighted by atomic mass is 9.96. The van der Waals surface area contributed by atoms with E-state index in [1.807, 2.05) is 18.2 Å². The monoisotopic (exact) mass is 626 g/mol. The number of rotatable bonds is 11. The molecule has 11 nitrogen and oxygen atoms in total. The van der Waals surface area contributed by atoms with Crippen LogP contribution in [0.5, 0.6) is 5.75 Å². The molecule has 15 heteroatoms. The fourth-order valence-electron chi connectivity index (χ4n) is 4.28. The number of allylic oxidation sites excluding steroid dienone is 1. The molecule has 0 spiro atoms. The number of aliphatic imine (C=N–C) groups is 1. The Kier molecular flexibility index (Phi) is 10.2. The standard InChI is InChI=1S/C28H29F2N8O3PS/c29-21-11-12-24(30)37-26(21)25(31)22(14-33-19-7-3-1-4-8-19)35-27(39)23-16-43-28(36-23)18-13-34-38(15-18)17-40-42(32)41-20-9-5-2-6-10-20/h2,5-6,9-16,19H,1,3-4,7-8,17,31-32H2,(H,35,39)/b25-22+,33-14?. The van der Waals surface area contributed by atoms with Crippen molar-refractivity contribution >= 4 is 37.7 Å². The van der Waals surface area contributed by atoms with E-state index in [1.54, 1.807) is 29.9 Å². The van der Waals surface area contributed by atoms with Crippen LogP contribution in [0.4, 0.5) is 8.78 Å². The van der Waals surface area contributed by atoms with Crippen LogP contribution in [-0.4, -0.2) is 37.9 Å². The Morgan fingerprint density at radius 1 is 1.16 bits per heavy atom. The quantitative estimate of drug-likeness (QED) is 0.114. The summed E-state index contributed by atoms with van der Waals surface area (Å²) in [4.78, 5) is 25.8. The molecule has 0 aliphatic heterocycles. The van der Waals surface area contributed by atoms with E-state index in [0.29, 0.717) is 16.3 Å². The molecule has 224 valence electrons. The molecule has 0 radical (unpaired) electrons. The Labute approximate surface area is 251 Å². The largest absolute Gasteiger partial charge is 0.436 e. The van der Waals surface area contributed by atoms with E-state index in [9.17, 15) is 13.6 Å². The molecule has 1 amide bonds. The Morgan fingerprint density at radius 3 is 2.74 bits per heavy atom. The van der Waals surface area contributed by atoms with Crippen LogP contribution in [0.3, 0.4) is 0 Å². The number of hydrogen-bond acceptors (Lipinski definition) is 10. The molecule has 1 fully saturated rings. The molecule has 1 unspecified atom stereocenters. The molecule has 3 aromatic heterocycles. The fourth-order valence-corrected chi connectivity index (χ4v) is 5.67. The molecule has 5 N–H and O–H groups in total. The number of carbonyl (C=O) groups excluding carboxylic acids is 1. The maximum Gasteiger partial charge on any atom is 0.317 e. The molecule has 0 bridgehead atoms. The van der Waals surface area contributed by atoms with Crippen molar-refractivity contribution in [1.82, 2.24) is 25.1 Å². The van der Waals surface area contributed by atoms with Gasteiger partial charge in [0.25, 0.3) is 5.91 Å². The summed E-state index contributed by atoms with van der Waals surface area (Å²) in [5.41, 5.74) is 12.2. The number of para-hydroxylation sites is 1. The van der Waals surface area contributed by atoms with Gasteiger partial charge in [-0.2, -0.15) is 9.49 Å². The number of benzene rings is 1. The van der Waals surface area contributed by atoms with Crippen molar-refractivity contribution in [2.75, 3.05) is 0 Å². The summed E-state index contributed by atoms with van der Waals surface area (Å²) in [5, 5.41) is 9.01. The van der Waals surface area contributed by atoms with Crippen molar-refractivity contribution < 1.29 is 22.6 Å². The number of halogens is 2. The molecule has 1 aromatic carbocycles. The first-order chi connectivity index (χ1) is 20.9. The number of aromatic nitrogens is 4. The van der Waals surface area contributed by atoms with Crippen molar-refractivity contribution in [1.29, 1.82) is 0 Å². The zero-order valence-corrected chi connectivity index (χ0v) is 24.6. The van der Waals surface area contributed by atoms with Crippen molar-refractivity contribution in [3.8, 4) is 16.3 Å². The Bertz CT molecular complexity index is 1610. The molecule has 0 saturated heterocycles. The van der Waals surface area contributed by atoms with E-state index < -0.39 is 31.9 Å². The SMILES string of the molecule is N/C(=C(\C=NC1CCCCC1)NC(=O)c1csc(-c2cnn(COP(N)Oc3ccccc3)c2)n1)c1nc(F)ccc1F. The first kappa shape index (κ1) is 30.4. The van der Waals surface area contributed by atoms with Gasteiger partial charge in [-0.25, -0.2) is 19.0 Å². The Morgan fingerprint density at radius 2 is 1.95 bits per heavy atom. The van der Waals surface area contributed by atoms with E-state index in [2.05, 4.69) is 25.4 Å². The summed E-state index contributed by atoms with van der Waals surface area (Å²) in [6.07, 6.45) is 9.69. The van der Waals surface area contributed by atoms with Gasteiger partial charge in [-0.15, -0.1) is 11.3 Å². The van der Waals surface area contributed by atoms with Gasteiger partial charge in [0.1, 0.15) is 28.9 Å². The predicted molar refractivity (Wildman–Crippen MR) is 161 cm³/mol. The molecule has 4 aromatic rings. The second-order valence-corrected chi connectivity index (χ2v) is 11.4. The summed E-state index contributed by atoms with van der Waals surface area (Å²) in [5.74, 6) is -1.74. The average Bonchev–Trinajstić information content (AvgIpc) is 3.70. The zero-order chi connectivity index (χ0) is 30.2. The fraction of sp³-hybridized carbons (Fsp3) is 0.250. The second kappa shape index (κ2) is 14.4. The number of carbonyl (C=O) groups is 1. The average molecular weight is 627 g/mol. The van der Waals surface area contributed by atoms with Crippen LogP contribution in [0.1, 0.15) is 48.3 Å². The highest BCUT2D eigenvalue weighted by molar-refractivity contribution is 7.44. The topological polar surface area (TPSA) is 156 Å². The number of hydrogen-bond donors (Lipinski definition) is 3. The van der Waals surface area contributed by atoms with Crippen molar-refractivity contribution in [3.63, 3.8) is 0 Å². The van der Waals surface area contributed by atoms with Gasteiger partial charge in [0, 0.05) is 23.4 Å². The van der Waals surface area contributed by atoms with Gasteiger partial charge in [0.15, 0.2) is 5.82 Å². The van der Waals surface area contributed by atoms with Crippen LogP contribution in [0.15, 0.2) is 70.9 Å². The summed E-state index contributed by atoms with van der Waals surface area (Å²) in [6.45, 7) is 0.0478. The molecule has 1 atom stereocenters. The molecule has 1 aliphatic rings. The highest BCUT2D eigenvalue weighted by Gasteiger charge is 2.19. The van der Waals surface area contributed by atoms with Crippen LogP contribution < -0.4 is 21.1 Å². The van der Waals surface area contributed by atoms with E-state index in [0.717, 1.165) is 44.2 Å². The minimum absolute atomic E-state index is 0.00287. The van der Waals surface area contributed by atoms with Gasteiger partial charge in [0.2, 0.25) is 5.95 Å². The molecule has 1 saturated carbocycles. The maximum atomic E-state index is 14.5. The maximum absolute atomic E-state index is 14.5. The van der Waals surface area contributed by atoms with E-state index in [4.69, 9.17) is 20.3 Å². The number of nitrogens with two attached hydrogens (primary N) is 2. The van der Waals surface area contributed by atoms with Crippen molar-refractivity contribution in [3.05, 3.63) is 89.1 Å². The molecule has 1 aliphatic carbocycles.